The van der Waals surface area contributed by atoms with Gasteiger partial charge in [-0.25, -0.2) is 4.57 Å². The van der Waals surface area contributed by atoms with Gasteiger partial charge in [0.25, 0.3) is 0 Å². The first-order valence-electron chi connectivity index (χ1n) is 7.77. The van der Waals surface area contributed by atoms with E-state index in [4.69, 9.17) is 9.79 Å². The Balaban J connectivity index is 1.93. The van der Waals surface area contributed by atoms with E-state index in [-0.39, 0.29) is 17.5 Å². The van der Waals surface area contributed by atoms with E-state index in [0.29, 0.717) is 5.56 Å². The first kappa shape index (κ1) is 15.7. The lowest BCUT2D eigenvalue weighted by Crippen LogP contribution is -2.35. The van der Waals surface area contributed by atoms with Gasteiger partial charge < -0.3 is 9.63 Å². The van der Waals surface area contributed by atoms with E-state index in [9.17, 15) is 9.67 Å². The van der Waals surface area contributed by atoms with Crippen LogP contribution in [0.15, 0.2) is 30.3 Å². The Bertz CT molecular complexity index is 876. The fourth-order valence-electron chi connectivity index (χ4n) is 3.87. The molecular weight excluding hydrogens is 329 g/mol. The van der Waals surface area contributed by atoms with Crippen molar-refractivity contribution in [3.8, 4) is 22.6 Å². The largest absolute Gasteiger partial charge is 0.524 e. The number of fused-ring (bicyclic) bond motifs is 2. The third-order valence-electron chi connectivity index (χ3n) is 4.92. The average molecular weight is 347 g/mol. The molecular formula is C17H18NO5P. The van der Waals surface area contributed by atoms with Gasteiger partial charge in [-0.2, -0.15) is 0 Å². The summed E-state index contributed by atoms with van der Waals surface area (Å²) in [6, 6.07) is 9.47. The van der Waals surface area contributed by atoms with E-state index in [1.54, 1.807) is 6.07 Å². The molecule has 0 radical (unpaired) electrons. The predicted molar refractivity (Wildman–Crippen MR) is 89.0 cm³/mol. The molecule has 0 bridgehead atoms. The van der Waals surface area contributed by atoms with Crippen LogP contribution in [-0.2, 0) is 17.4 Å². The van der Waals surface area contributed by atoms with E-state index in [0.717, 1.165) is 30.5 Å². The average Bonchev–Trinajstić information content (AvgIpc) is 2.52. The van der Waals surface area contributed by atoms with E-state index in [1.165, 1.54) is 17.2 Å². The van der Waals surface area contributed by atoms with Gasteiger partial charge in [-0.05, 0) is 48.2 Å². The number of nitrogens with zero attached hydrogens (tertiary/aromatic N) is 1. The zero-order chi connectivity index (χ0) is 17.1. The van der Waals surface area contributed by atoms with Gasteiger partial charge in [0.15, 0.2) is 11.5 Å². The fraction of sp³-hybridized carbons (Fsp3) is 0.294. The molecule has 0 saturated carbocycles. The van der Waals surface area contributed by atoms with Crippen molar-refractivity contribution in [2.45, 2.75) is 18.9 Å². The molecule has 1 unspecified atom stereocenters. The number of benzene rings is 2. The van der Waals surface area contributed by atoms with Gasteiger partial charge in [0.05, 0.1) is 0 Å². The van der Waals surface area contributed by atoms with Gasteiger partial charge in [0, 0.05) is 18.2 Å². The molecule has 24 heavy (non-hydrogen) atoms. The summed E-state index contributed by atoms with van der Waals surface area (Å²) in [7, 11) is -2.63. The number of phenolic OH excluding ortho intramolecular Hbond substituents is 1. The molecule has 7 heteroatoms. The van der Waals surface area contributed by atoms with Crippen LogP contribution in [0.2, 0.25) is 0 Å². The van der Waals surface area contributed by atoms with Crippen LogP contribution in [0.3, 0.4) is 0 Å². The zero-order valence-corrected chi connectivity index (χ0v) is 14.0. The lowest BCUT2D eigenvalue weighted by atomic mass is 9.77. The first-order chi connectivity index (χ1) is 11.3. The molecule has 3 N–H and O–H groups in total. The normalized spacial score (nSPS) is 19.5. The van der Waals surface area contributed by atoms with Crippen LogP contribution >= 0.6 is 7.82 Å². The molecule has 2 aromatic carbocycles. The summed E-state index contributed by atoms with van der Waals surface area (Å²) in [4.78, 5) is 20.4. The number of phenols is 1. The summed E-state index contributed by atoms with van der Waals surface area (Å²) in [5.41, 5.74) is 4.95. The molecule has 0 aromatic heterocycles. The molecule has 0 saturated heterocycles. The number of rotatable bonds is 2. The van der Waals surface area contributed by atoms with Gasteiger partial charge in [-0.15, -0.1) is 0 Å². The van der Waals surface area contributed by atoms with Crippen molar-refractivity contribution < 1.29 is 24.0 Å². The minimum Gasteiger partial charge on any atom is -0.504 e. The van der Waals surface area contributed by atoms with Gasteiger partial charge in [-0.3, -0.25) is 14.7 Å². The Hall–Kier alpha value is -1.85. The molecule has 1 aliphatic heterocycles. The summed E-state index contributed by atoms with van der Waals surface area (Å²) < 4.78 is 15.8. The lowest BCUT2D eigenvalue weighted by molar-refractivity contribution is 0.228. The van der Waals surface area contributed by atoms with Crippen LogP contribution in [0.5, 0.6) is 11.5 Å². The molecule has 1 heterocycles. The Morgan fingerprint density at radius 2 is 2.00 bits per heavy atom. The molecule has 1 atom stereocenters. The van der Waals surface area contributed by atoms with Crippen molar-refractivity contribution in [1.29, 1.82) is 0 Å². The van der Waals surface area contributed by atoms with E-state index in [1.807, 2.05) is 12.1 Å². The second kappa shape index (κ2) is 5.33. The highest BCUT2D eigenvalue weighted by molar-refractivity contribution is 7.46. The van der Waals surface area contributed by atoms with E-state index < -0.39 is 7.82 Å². The third-order valence-corrected chi connectivity index (χ3v) is 5.36. The minimum atomic E-state index is -4.73. The summed E-state index contributed by atoms with van der Waals surface area (Å²) in [5, 5.41) is 10.6. The van der Waals surface area contributed by atoms with Crippen molar-refractivity contribution in [3.05, 3.63) is 47.0 Å². The number of phosphoric ester groups is 1. The van der Waals surface area contributed by atoms with Crippen LogP contribution in [0.4, 0.5) is 0 Å². The first-order valence-corrected chi connectivity index (χ1v) is 9.30. The number of hydrogen-bond donors (Lipinski definition) is 3. The Morgan fingerprint density at radius 3 is 2.75 bits per heavy atom. The van der Waals surface area contributed by atoms with Crippen LogP contribution in [-0.4, -0.2) is 33.4 Å². The maximum Gasteiger partial charge on any atom is 0.524 e. The zero-order valence-electron chi connectivity index (χ0n) is 13.1. The summed E-state index contributed by atoms with van der Waals surface area (Å²) in [5.74, 6) is -0.404. The minimum absolute atomic E-state index is 0.192. The second-order valence-corrected chi connectivity index (χ2v) is 7.52. The highest BCUT2D eigenvalue weighted by Crippen LogP contribution is 2.52. The maximum atomic E-state index is 11.1. The fourth-order valence-corrected chi connectivity index (χ4v) is 4.27. The van der Waals surface area contributed by atoms with Gasteiger partial charge >= 0.3 is 7.82 Å². The van der Waals surface area contributed by atoms with E-state index >= 15 is 0 Å². The monoisotopic (exact) mass is 347 g/mol. The van der Waals surface area contributed by atoms with Crippen LogP contribution in [0.25, 0.3) is 11.1 Å². The highest BCUT2D eigenvalue weighted by atomic mass is 31.2. The van der Waals surface area contributed by atoms with Gasteiger partial charge in [-0.1, -0.05) is 24.3 Å². The molecule has 0 spiro atoms. The van der Waals surface area contributed by atoms with Gasteiger partial charge in [0.1, 0.15) is 0 Å². The molecule has 2 aromatic rings. The molecule has 4 rings (SSSR count). The predicted octanol–water partition coefficient (Wildman–Crippen LogP) is 2.62. The number of hydrogen-bond acceptors (Lipinski definition) is 4. The SMILES string of the molecule is CN1CCc2cccc3c2C1Cc1ccc(OP(=O)(O)O)c(O)c1-3. The molecule has 0 fully saturated rings. The summed E-state index contributed by atoms with van der Waals surface area (Å²) in [6.07, 6.45) is 1.70. The maximum absolute atomic E-state index is 11.1. The molecule has 6 nitrogen and oxygen atoms in total. The van der Waals surface area contributed by atoms with Crippen molar-refractivity contribution >= 4 is 7.82 Å². The molecule has 126 valence electrons. The van der Waals surface area contributed by atoms with Crippen molar-refractivity contribution in [2.24, 2.45) is 0 Å². The molecule has 2 aliphatic rings. The number of likely N-dealkylation sites (N-methyl/N-ethyl adjacent to an activating group) is 1. The lowest BCUT2D eigenvalue weighted by Gasteiger charge is -2.39. The van der Waals surface area contributed by atoms with E-state index in [2.05, 4.69) is 22.5 Å². The number of phosphoric acid groups is 1. The van der Waals surface area contributed by atoms with Crippen LogP contribution in [0, 0.1) is 0 Å². The van der Waals surface area contributed by atoms with Crippen LogP contribution in [0.1, 0.15) is 22.7 Å². The summed E-state index contributed by atoms with van der Waals surface area (Å²) in [6.45, 7) is 0.988. The number of aromatic hydroxyl groups is 1. The standard InChI is InChI=1S/C17H18NO5P/c1-18-8-7-10-3-2-4-12-15(10)13(18)9-11-5-6-14(17(19)16(11)12)23-24(20,21)22/h2-6,13,19H,7-9H2,1H3,(H2,20,21,22). The molecule has 0 amide bonds. The second-order valence-electron chi connectivity index (χ2n) is 6.36. The molecule has 1 aliphatic carbocycles. The quantitative estimate of drug-likeness (QED) is 0.724. The Kier molecular flexibility index (Phi) is 3.48. The Labute approximate surface area is 139 Å². The van der Waals surface area contributed by atoms with Gasteiger partial charge in [0.2, 0.25) is 0 Å². The third kappa shape index (κ3) is 2.43. The van der Waals surface area contributed by atoms with Crippen molar-refractivity contribution in [1.82, 2.24) is 4.90 Å². The summed E-state index contributed by atoms with van der Waals surface area (Å²) >= 11 is 0. The van der Waals surface area contributed by atoms with Crippen LogP contribution < -0.4 is 4.52 Å². The smallest absolute Gasteiger partial charge is 0.504 e. The Morgan fingerprint density at radius 1 is 1.21 bits per heavy atom. The van der Waals surface area contributed by atoms with Crippen molar-refractivity contribution in [2.75, 3.05) is 13.6 Å². The topological polar surface area (TPSA) is 90.2 Å². The highest BCUT2D eigenvalue weighted by Gasteiger charge is 2.34. The van der Waals surface area contributed by atoms with Crippen molar-refractivity contribution in [3.63, 3.8) is 0 Å².